The Morgan fingerprint density at radius 1 is 1.63 bits per heavy atom. The van der Waals surface area contributed by atoms with Crippen molar-refractivity contribution in [1.29, 1.82) is 0 Å². The molecule has 1 aromatic heterocycles. The van der Waals surface area contributed by atoms with Gasteiger partial charge < -0.3 is 15.0 Å². The molecule has 6 nitrogen and oxygen atoms in total. The lowest BCUT2D eigenvalue weighted by molar-refractivity contribution is -0.132. The van der Waals surface area contributed by atoms with Gasteiger partial charge in [0.1, 0.15) is 0 Å². The number of carbonyl (C=O) groups is 2. The molecular formula is C11H14ClN3O3S. The fourth-order valence-electron chi connectivity index (χ4n) is 1.89. The number of nitrogens with one attached hydrogen (secondary N) is 1. The normalized spacial score (nSPS) is 19.4. The van der Waals surface area contributed by atoms with Crippen molar-refractivity contribution in [3.8, 4) is 0 Å². The lowest BCUT2D eigenvalue weighted by atomic mass is 10.1. The molecule has 104 valence electrons. The number of rotatable bonds is 3. The first-order valence-electron chi connectivity index (χ1n) is 5.76. The van der Waals surface area contributed by atoms with Crippen LogP contribution in [0.4, 0.5) is 5.13 Å². The highest BCUT2D eigenvalue weighted by Crippen LogP contribution is 2.28. The number of halogens is 1. The molecule has 0 radical (unpaired) electrons. The van der Waals surface area contributed by atoms with Crippen LogP contribution in [-0.4, -0.2) is 48.5 Å². The first-order chi connectivity index (χ1) is 9.01. The lowest BCUT2D eigenvalue weighted by Gasteiger charge is -2.29. The smallest absolute Gasteiger partial charge is 0.351 e. The predicted octanol–water partition coefficient (Wildman–Crippen LogP) is 1.62. The van der Waals surface area contributed by atoms with Crippen molar-refractivity contribution in [3.05, 3.63) is 10.0 Å². The van der Waals surface area contributed by atoms with E-state index in [1.165, 1.54) is 7.11 Å². The third-order valence-corrected chi connectivity index (χ3v) is 4.26. The minimum Gasteiger partial charge on any atom is -0.465 e. The number of ether oxygens (including phenoxy) is 1. The molecule has 1 aliphatic rings. The highest BCUT2D eigenvalue weighted by atomic mass is 35.5. The predicted molar refractivity (Wildman–Crippen MR) is 72.7 cm³/mol. The number of likely N-dealkylation sites (tertiary alicyclic amines) is 1. The van der Waals surface area contributed by atoms with Crippen molar-refractivity contribution in [2.45, 2.75) is 18.9 Å². The van der Waals surface area contributed by atoms with E-state index < -0.39 is 5.97 Å². The van der Waals surface area contributed by atoms with E-state index in [1.807, 2.05) is 0 Å². The zero-order chi connectivity index (χ0) is 14.0. The molecule has 1 amide bonds. The summed E-state index contributed by atoms with van der Waals surface area (Å²) in [5, 5.41) is 3.90. The Morgan fingerprint density at radius 2 is 2.37 bits per heavy atom. The fourth-order valence-corrected chi connectivity index (χ4v) is 3.07. The van der Waals surface area contributed by atoms with Crippen LogP contribution in [0.3, 0.4) is 0 Å². The number of likely N-dealkylation sites (N-methyl/N-ethyl adjacent to an activating group) is 1. The average molecular weight is 304 g/mol. The minimum absolute atomic E-state index is 0.121. The van der Waals surface area contributed by atoms with Gasteiger partial charge in [0, 0.05) is 26.1 Å². The Balaban J connectivity index is 2.04. The first kappa shape index (κ1) is 14.1. The summed E-state index contributed by atoms with van der Waals surface area (Å²) in [6, 6.07) is 0.121. The van der Waals surface area contributed by atoms with Gasteiger partial charge in [-0.1, -0.05) is 22.9 Å². The number of esters is 1. The van der Waals surface area contributed by atoms with Crippen molar-refractivity contribution < 1.29 is 14.3 Å². The maximum atomic E-state index is 11.4. The molecule has 1 saturated heterocycles. The summed E-state index contributed by atoms with van der Waals surface area (Å²) < 4.78 is 4.62. The number of aromatic nitrogens is 1. The van der Waals surface area contributed by atoms with Gasteiger partial charge in [-0.3, -0.25) is 4.79 Å². The van der Waals surface area contributed by atoms with Gasteiger partial charge in [-0.05, 0) is 6.42 Å². The number of amides is 1. The summed E-state index contributed by atoms with van der Waals surface area (Å²) in [5.41, 5.74) is 0. The van der Waals surface area contributed by atoms with Crippen LogP contribution >= 0.6 is 22.9 Å². The zero-order valence-corrected chi connectivity index (χ0v) is 12.2. The molecule has 1 unspecified atom stereocenters. The SMILES string of the molecule is COC(=O)c1sc(NC2CCC(=O)N(C)C2)nc1Cl. The Labute approximate surface area is 119 Å². The number of carbonyl (C=O) groups excluding carboxylic acids is 2. The highest BCUT2D eigenvalue weighted by molar-refractivity contribution is 7.18. The van der Waals surface area contributed by atoms with E-state index in [0.717, 1.165) is 17.8 Å². The van der Waals surface area contributed by atoms with Gasteiger partial charge in [0.25, 0.3) is 0 Å². The van der Waals surface area contributed by atoms with Crippen molar-refractivity contribution in [2.75, 3.05) is 26.0 Å². The topological polar surface area (TPSA) is 71.5 Å². The number of methoxy groups -OCH3 is 1. The van der Waals surface area contributed by atoms with Gasteiger partial charge >= 0.3 is 5.97 Å². The summed E-state index contributed by atoms with van der Waals surface area (Å²) in [5.74, 6) is -0.350. The van der Waals surface area contributed by atoms with Gasteiger partial charge in [0.15, 0.2) is 15.2 Å². The van der Waals surface area contributed by atoms with Crippen molar-refractivity contribution in [3.63, 3.8) is 0 Å². The molecular weight excluding hydrogens is 290 g/mol. The van der Waals surface area contributed by atoms with E-state index >= 15 is 0 Å². The summed E-state index contributed by atoms with van der Waals surface area (Å²) >= 11 is 7.04. The monoisotopic (exact) mass is 303 g/mol. The van der Waals surface area contributed by atoms with Crippen molar-refractivity contribution in [2.24, 2.45) is 0 Å². The highest BCUT2D eigenvalue weighted by Gasteiger charge is 2.24. The number of thiazole rings is 1. The summed E-state index contributed by atoms with van der Waals surface area (Å²) in [7, 11) is 3.07. The molecule has 0 spiro atoms. The van der Waals surface area contributed by atoms with Crippen LogP contribution in [0.2, 0.25) is 5.15 Å². The van der Waals surface area contributed by atoms with Crippen LogP contribution in [0.15, 0.2) is 0 Å². The molecule has 1 aliphatic heterocycles. The number of hydrogen-bond donors (Lipinski definition) is 1. The van der Waals surface area contributed by atoms with Crippen LogP contribution in [0.5, 0.6) is 0 Å². The molecule has 1 atom stereocenters. The molecule has 1 fully saturated rings. The molecule has 1 N–H and O–H groups in total. The van der Waals surface area contributed by atoms with Crippen LogP contribution in [0.1, 0.15) is 22.5 Å². The van der Waals surface area contributed by atoms with E-state index in [-0.39, 0.29) is 22.0 Å². The molecule has 2 rings (SSSR count). The van der Waals surface area contributed by atoms with E-state index in [2.05, 4.69) is 15.0 Å². The maximum Gasteiger partial charge on any atom is 0.351 e. The van der Waals surface area contributed by atoms with E-state index in [9.17, 15) is 9.59 Å². The van der Waals surface area contributed by atoms with Gasteiger partial charge in [0.2, 0.25) is 5.91 Å². The summed E-state index contributed by atoms with van der Waals surface area (Å²) in [4.78, 5) is 28.8. The van der Waals surface area contributed by atoms with Crippen molar-refractivity contribution >= 4 is 39.9 Å². The Kier molecular flexibility index (Phi) is 4.26. The number of piperidine rings is 1. The third-order valence-electron chi connectivity index (χ3n) is 2.91. The molecule has 8 heteroatoms. The minimum atomic E-state index is -0.494. The molecule has 19 heavy (non-hydrogen) atoms. The molecule has 0 aliphatic carbocycles. The van der Waals surface area contributed by atoms with Gasteiger partial charge in [0.05, 0.1) is 7.11 Å². The number of hydrogen-bond acceptors (Lipinski definition) is 6. The molecule has 0 saturated carbocycles. The largest absolute Gasteiger partial charge is 0.465 e. The summed E-state index contributed by atoms with van der Waals surface area (Å²) in [6.45, 7) is 0.615. The van der Waals surface area contributed by atoms with E-state index in [4.69, 9.17) is 11.6 Å². The lowest BCUT2D eigenvalue weighted by Crippen LogP contribution is -2.43. The third kappa shape index (κ3) is 3.16. The molecule has 0 bridgehead atoms. The fraction of sp³-hybridized carbons (Fsp3) is 0.545. The Bertz CT molecular complexity index is 505. The second-order valence-corrected chi connectivity index (χ2v) is 5.64. The number of anilines is 1. The Hall–Kier alpha value is -1.34. The molecule has 2 heterocycles. The Morgan fingerprint density at radius 3 is 3.00 bits per heavy atom. The van der Waals surface area contributed by atoms with Crippen LogP contribution in [0.25, 0.3) is 0 Å². The van der Waals surface area contributed by atoms with Gasteiger partial charge in [-0.25, -0.2) is 9.78 Å². The second kappa shape index (κ2) is 5.75. The van der Waals surface area contributed by atoms with Crippen LogP contribution in [-0.2, 0) is 9.53 Å². The quantitative estimate of drug-likeness (QED) is 0.859. The van der Waals surface area contributed by atoms with Gasteiger partial charge in [-0.2, -0.15) is 0 Å². The van der Waals surface area contributed by atoms with Gasteiger partial charge in [-0.15, -0.1) is 0 Å². The van der Waals surface area contributed by atoms with E-state index in [1.54, 1.807) is 11.9 Å². The number of nitrogens with zero attached hydrogens (tertiary/aromatic N) is 2. The van der Waals surface area contributed by atoms with E-state index in [0.29, 0.717) is 18.1 Å². The maximum absolute atomic E-state index is 11.4. The molecule has 0 aromatic carbocycles. The first-order valence-corrected chi connectivity index (χ1v) is 6.96. The van der Waals surface area contributed by atoms with Crippen LogP contribution in [0, 0.1) is 0 Å². The van der Waals surface area contributed by atoms with Crippen molar-refractivity contribution in [1.82, 2.24) is 9.88 Å². The second-order valence-electron chi connectivity index (χ2n) is 4.28. The summed E-state index contributed by atoms with van der Waals surface area (Å²) in [6.07, 6.45) is 1.26. The average Bonchev–Trinajstić information content (AvgIpc) is 2.74. The zero-order valence-electron chi connectivity index (χ0n) is 10.6. The van der Waals surface area contributed by atoms with Crippen LogP contribution < -0.4 is 5.32 Å². The molecule has 1 aromatic rings. The standard InChI is InChI=1S/C11H14ClN3O3S/c1-15-5-6(3-4-7(15)16)13-11-14-9(12)8(19-11)10(17)18-2/h6H,3-5H2,1-2H3,(H,13,14).